The van der Waals surface area contributed by atoms with Gasteiger partial charge in [-0.15, -0.1) is 5.10 Å². The molecule has 0 aliphatic heterocycles. The van der Waals surface area contributed by atoms with E-state index in [1.54, 1.807) is 21.7 Å². The van der Waals surface area contributed by atoms with Crippen LogP contribution < -0.4 is 0 Å². The second-order valence-electron chi connectivity index (χ2n) is 5.59. The zero-order chi connectivity index (χ0) is 16.8. The van der Waals surface area contributed by atoms with Gasteiger partial charge >= 0.3 is 0 Å². The number of fused-ring (bicyclic) bond motifs is 3. The number of rotatable bonds is 2. The molecule has 0 bridgehead atoms. The Morgan fingerprint density at radius 2 is 1.80 bits per heavy atom. The van der Waals surface area contributed by atoms with Crippen LogP contribution in [0.3, 0.4) is 0 Å². The van der Waals surface area contributed by atoms with Gasteiger partial charge in [-0.2, -0.15) is 5.10 Å². The fraction of sp³-hybridized carbons (Fsp3) is 0. The van der Waals surface area contributed by atoms with Crippen LogP contribution in [-0.4, -0.2) is 29.4 Å². The highest BCUT2D eigenvalue weighted by molar-refractivity contribution is 6.30. The molecule has 0 atom stereocenters. The van der Waals surface area contributed by atoms with Gasteiger partial charge in [-0.05, 0) is 18.2 Å². The number of aromatic nitrogens is 6. The van der Waals surface area contributed by atoms with Crippen molar-refractivity contribution in [1.29, 1.82) is 0 Å². The molecule has 0 N–H and O–H groups in total. The molecule has 5 aromatic rings. The van der Waals surface area contributed by atoms with Gasteiger partial charge in [0.15, 0.2) is 17.1 Å². The van der Waals surface area contributed by atoms with Crippen molar-refractivity contribution >= 4 is 28.3 Å². The highest BCUT2D eigenvalue weighted by Gasteiger charge is 2.14. The SMILES string of the molecule is Clc1cccc(-n2ncc3c2ncn2nc(-c4ccccc4)nc32)c1. The zero-order valence-electron chi connectivity index (χ0n) is 12.9. The van der Waals surface area contributed by atoms with Crippen LogP contribution in [0.4, 0.5) is 0 Å². The first kappa shape index (κ1) is 14.1. The Bertz CT molecular complexity index is 1210. The van der Waals surface area contributed by atoms with E-state index < -0.39 is 0 Å². The van der Waals surface area contributed by atoms with Crippen LogP contribution in [-0.2, 0) is 0 Å². The lowest BCUT2D eigenvalue weighted by Gasteiger charge is -2.02. The van der Waals surface area contributed by atoms with Crippen LogP contribution in [0.25, 0.3) is 33.8 Å². The van der Waals surface area contributed by atoms with Crippen LogP contribution in [0.2, 0.25) is 5.02 Å². The third kappa shape index (κ3) is 2.27. The minimum Gasteiger partial charge on any atom is -0.216 e. The molecular weight excluding hydrogens is 336 g/mol. The minimum atomic E-state index is 0.649. The Hall–Kier alpha value is -3.25. The van der Waals surface area contributed by atoms with Crippen molar-refractivity contribution in [3.63, 3.8) is 0 Å². The van der Waals surface area contributed by atoms with Crippen LogP contribution in [0.5, 0.6) is 0 Å². The average Bonchev–Trinajstić information content (AvgIpc) is 3.26. The lowest BCUT2D eigenvalue weighted by atomic mass is 10.2. The molecule has 0 aliphatic rings. The smallest absolute Gasteiger partial charge is 0.182 e. The van der Waals surface area contributed by atoms with Crippen molar-refractivity contribution in [3.05, 3.63) is 72.1 Å². The lowest BCUT2D eigenvalue weighted by Crippen LogP contribution is -1.98. The molecule has 0 unspecified atom stereocenters. The summed E-state index contributed by atoms with van der Waals surface area (Å²) in [5, 5.41) is 10.4. The maximum Gasteiger partial charge on any atom is 0.182 e. The molecule has 0 spiro atoms. The van der Waals surface area contributed by atoms with Gasteiger partial charge in [-0.1, -0.05) is 48.0 Å². The van der Waals surface area contributed by atoms with Crippen LogP contribution >= 0.6 is 11.6 Å². The number of halogens is 1. The van der Waals surface area contributed by atoms with Gasteiger partial charge in [0.25, 0.3) is 0 Å². The molecule has 0 amide bonds. The standard InChI is InChI=1S/C18H11ClN6/c19-13-7-4-8-14(9-13)25-17-15(10-21-25)18-22-16(23-24(18)11-20-17)12-5-2-1-3-6-12/h1-11H. The Morgan fingerprint density at radius 3 is 2.64 bits per heavy atom. The third-order valence-electron chi connectivity index (χ3n) is 3.99. The predicted octanol–water partition coefficient (Wildman–Crippen LogP) is 3.78. The molecule has 5 rings (SSSR count). The average molecular weight is 347 g/mol. The first-order chi connectivity index (χ1) is 12.3. The Labute approximate surface area is 147 Å². The largest absolute Gasteiger partial charge is 0.216 e. The summed E-state index contributed by atoms with van der Waals surface area (Å²) >= 11 is 6.09. The summed E-state index contributed by atoms with van der Waals surface area (Å²) in [6.07, 6.45) is 3.40. The van der Waals surface area contributed by atoms with E-state index in [1.165, 1.54) is 0 Å². The fourth-order valence-electron chi connectivity index (χ4n) is 2.83. The molecule has 6 nitrogen and oxygen atoms in total. The zero-order valence-corrected chi connectivity index (χ0v) is 13.7. The first-order valence-corrected chi connectivity index (χ1v) is 8.08. The van der Waals surface area contributed by atoms with E-state index in [0.29, 0.717) is 16.5 Å². The fourth-order valence-corrected chi connectivity index (χ4v) is 3.01. The molecular formula is C18H11ClN6. The molecule has 3 heterocycles. The van der Waals surface area contributed by atoms with Crippen LogP contribution in [0.1, 0.15) is 0 Å². The molecule has 3 aromatic heterocycles. The van der Waals surface area contributed by atoms with Gasteiger partial charge in [0, 0.05) is 10.6 Å². The maximum atomic E-state index is 6.09. The minimum absolute atomic E-state index is 0.649. The molecule has 25 heavy (non-hydrogen) atoms. The summed E-state index contributed by atoms with van der Waals surface area (Å²) in [7, 11) is 0. The molecule has 2 aromatic carbocycles. The highest BCUT2D eigenvalue weighted by Crippen LogP contribution is 2.23. The highest BCUT2D eigenvalue weighted by atomic mass is 35.5. The second kappa shape index (κ2) is 5.39. The Morgan fingerprint density at radius 1 is 0.920 bits per heavy atom. The summed E-state index contributed by atoms with van der Waals surface area (Å²) in [5.41, 5.74) is 3.24. The van der Waals surface area contributed by atoms with E-state index in [-0.39, 0.29) is 0 Å². The van der Waals surface area contributed by atoms with Crippen molar-refractivity contribution in [2.24, 2.45) is 0 Å². The van der Waals surface area contributed by atoms with E-state index in [9.17, 15) is 0 Å². The van der Waals surface area contributed by atoms with Crippen molar-refractivity contribution in [1.82, 2.24) is 29.4 Å². The van der Waals surface area contributed by atoms with Crippen molar-refractivity contribution in [2.45, 2.75) is 0 Å². The van der Waals surface area contributed by atoms with Gasteiger partial charge in [0.1, 0.15) is 6.33 Å². The van der Waals surface area contributed by atoms with Crippen molar-refractivity contribution in [2.75, 3.05) is 0 Å². The van der Waals surface area contributed by atoms with E-state index in [2.05, 4.69) is 20.2 Å². The van der Waals surface area contributed by atoms with E-state index in [0.717, 1.165) is 22.3 Å². The van der Waals surface area contributed by atoms with Gasteiger partial charge in [0.05, 0.1) is 17.3 Å². The molecule has 0 aliphatic carbocycles. The molecule has 0 saturated carbocycles. The van der Waals surface area contributed by atoms with Gasteiger partial charge in [-0.3, -0.25) is 0 Å². The van der Waals surface area contributed by atoms with Crippen molar-refractivity contribution < 1.29 is 0 Å². The summed E-state index contributed by atoms with van der Waals surface area (Å²) < 4.78 is 3.42. The Kier molecular flexibility index (Phi) is 3.05. The van der Waals surface area contributed by atoms with E-state index >= 15 is 0 Å². The number of hydrogen-bond acceptors (Lipinski definition) is 4. The van der Waals surface area contributed by atoms with Crippen molar-refractivity contribution in [3.8, 4) is 17.1 Å². The second-order valence-corrected chi connectivity index (χ2v) is 6.02. The third-order valence-corrected chi connectivity index (χ3v) is 4.23. The van der Waals surface area contributed by atoms with Gasteiger partial charge < -0.3 is 0 Å². The molecule has 0 radical (unpaired) electrons. The summed E-state index contributed by atoms with van der Waals surface area (Å²) in [5.74, 6) is 0.658. The maximum absolute atomic E-state index is 6.09. The topological polar surface area (TPSA) is 60.9 Å². The quantitative estimate of drug-likeness (QED) is 0.488. The summed E-state index contributed by atoms with van der Waals surface area (Å²) in [6.45, 7) is 0. The lowest BCUT2D eigenvalue weighted by molar-refractivity contribution is 0.882. The predicted molar refractivity (Wildman–Crippen MR) is 95.9 cm³/mol. The van der Waals surface area contributed by atoms with Gasteiger partial charge in [0.2, 0.25) is 0 Å². The monoisotopic (exact) mass is 346 g/mol. The first-order valence-electron chi connectivity index (χ1n) is 7.70. The number of benzene rings is 2. The molecule has 7 heteroatoms. The number of nitrogens with zero attached hydrogens (tertiary/aromatic N) is 6. The molecule has 0 fully saturated rings. The van der Waals surface area contributed by atoms with Crippen LogP contribution in [0, 0.1) is 0 Å². The van der Waals surface area contributed by atoms with E-state index in [1.807, 2.05) is 54.6 Å². The normalized spacial score (nSPS) is 11.4. The Balaban J connectivity index is 1.73. The molecule has 120 valence electrons. The summed E-state index contributed by atoms with van der Waals surface area (Å²) in [4.78, 5) is 9.17. The number of hydrogen-bond donors (Lipinski definition) is 0. The van der Waals surface area contributed by atoms with Gasteiger partial charge in [-0.25, -0.2) is 19.2 Å². The van der Waals surface area contributed by atoms with E-state index in [4.69, 9.17) is 11.6 Å². The molecule has 0 saturated heterocycles. The summed E-state index contributed by atoms with van der Waals surface area (Å²) in [6, 6.07) is 17.3. The van der Waals surface area contributed by atoms with Crippen LogP contribution in [0.15, 0.2) is 67.1 Å².